The van der Waals surface area contributed by atoms with E-state index >= 15 is 0 Å². The molecule has 0 unspecified atom stereocenters. The normalized spacial score (nSPS) is 12.6. The first-order valence-electron chi connectivity index (χ1n) is 4.11. The van der Waals surface area contributed by atoms with Gasteiger partial charge in [-0.05, 0) is 6.07 Å². The van der Waals surface area contributed by atoms with E-state index in [0.29, 0.717) is 6.07 Å². The summed E-state index contributed by atoms with van der Waals surface area (Å²) in [4.78, 5) is 0. The molecule has 0 aliphatic rings. The molecule has 0 spiro atoms. The fraction of sp³-hybridized carbons (Fsp3) is 0.375. The lowest BCUT2D eigenvalue weighted by atomic mass is 10.0. The van der Waals surface area contributed by atoms with Gasteiger partial charge in [-0.2, -0.15) is 31.4 Å². The highest BCUT2D eigenvalue weighted by atomic mass is 19.3. The molecule has 1 rings (SSSR count). The fourth-order valence-corrected chi connectivity index (χ4v) is 1.05. The second-order valence-electron chi connectivity index (χ2n) is 3.02. The average molecular weight is 262 g/mol. The van der Waals surface area contributed by atoms with Crippen LogP contribution in [0, 0.1) is 0 Å². The van der Waals surface area contributed by atoms with Gasteiger partial charge in [-0.25, -0.2) is 4.39 Å². The molecular weight excluding hydrogens is 257 g/mol. The minimum Gasteiger partial charge on any atom is -0.278 e. The van der Waals surface area contributed by atoms with Crippen molar-refractivity contribution in [3.8, 4) is 0 Å². The number of nitrogens with zero attached hydrogens (tertiary/aromatic N) is 1. The Labute approximate surface area is 90.1 Å². The van der Waals surface area contributed by atoms with E-state index in [1.165, 1.54) is 0 Å². The Kier molecular flexibility index (Phi) is 3.48. The summed E-state index contributed by atoms with van der Waals surface area (Å²) in [5, 5.41) is 4.78. The van der Waals surface area contributed by atoms with E-state index in [4.69, 9.17) is 0 Å². The molecule has 96 valence electrons. The molecule has 0 atom stereocenters. The summed E-state index contributed by atoms with van der Waals surface area (Å²) in [6.07, 6.45) is -2.21. The zero-order valence-electron chi connectivity index (χ0n) is 7.95. The number of allylic oxidation sites excluding steroid dienone is 1. The van der Waals surface area contributed by atoms with Crippen LogP contribution in [0.1, 0.15) is 5.69 Å². The highest BCUT2D eigenvalue weighted by molar-refractivity contribution is 5.69. The molecule has 0 aliphatic heterocycles. The van der Waals surface area contributed by atoms with Crippen LogP contribution in [0.15, 0.2) is 18.3 Å². The van der Waals surface area contributed by atoms with E-state index in [1.54, 1.807) is 5.10 Å². The smallest absolute Gasteiger partial charge is 0.278 e. The lowest BCUT2D eigenvalue weighted by Gasteiger charge is -2.25. The van der Waals surface area contributed by atoms with Crippen molar-refractivity contribution in [1.82, 2.24) is 10.2 Å². The maximum absolute atomic E-state index is 13.1. The summed E-state index contributed by atoms with van der Waals surface area (Å²) in [7, 11) is 0. The van der Waals surface area contributed by atoms with E-state index < -0.39 is 35.9 Å². The summed E-state index contributed by atoms with van der Waals surface area (Å²) >= 11 is 0. The molecule has 2 nitrogen and oxygen atoms in total. The van der Waals surface area contributed by atoms with Crippen molar-refractivity contribution in [3.05, 3.63) is 24.0 Å². The topological polar surface area (TPSA) is 28.7 Å². The van der Waals surface area contributed by atoms with Crippen LogP contribution in [0.3, 0.4) is 0 Å². The van der Waals surface area contributed by atoms with Gasteiger partial charge >= 0.3 is 11.8 Å². The molecule has 0 bridgehead atoms. The number of H-pyrrole nitrogens is 1. The van der Waals surface area contributed by atoms with Gasteiger partial charge in [0.2, 0.25) is 0 Å². The SMILES string of the molecule is FCC(F)(F)C(F)(F)C(=C(F)F)c1ccn[nH]1. The van der Waals surface area contributed by atoms with E-state index in [0.717, 1.165) is 6.20 Å². The second-order valence-corrected chi connectivity index (χ2v) is 3.02. The number of nitrogens with one attached hydrogen (secondary N) is 1. The van der Waals surface area contributed by atoms with E-state index in [-0.39, 0.29) is 0 Å². The minimum absolute atomic E-state index is 0.650. The second kappa shape index (κ2) is 4.38. The van der Waals surface area contributed by atoms with Gasteiger partial charge in [0.05, 0.1) is 5.69 Å². The lowest BCUT2D eigenvalue weighted by Crippen LogP contribution is -2.43. The Bertz CT molecular complexity index is 406. The van der Waals surface area contributed by atoms with Crippen molar-refractivity contribution in [2.24, 2.45) is 0 Å². The van der Waals surface area contributed by atoms with Crippen LogP contribution in [0.25, 0.3) is 5.57 Å². The van der Waals surface area contributed by atoms with Crippen molar-refractivity contribution in [3.63, 3.8) is 0 Å². The molecule has 9 heteroatoms. The fourth-order valence-electron chi connectivity index (χ4n) is 1.05. The van der Waals surface area contributed by atoms with Crippen LogP contribution in [0.4, 0.5) is 30.7 Å². The Morgan fingerprint density at radius 2 is 1.82 bits per heavy atom. The van der Waals surface area contributed by atoms with Gasteiger partial charge in [-0.3, -0.25) is 5.10 Å². The van der Waals surface area contributed by atoms with Gasteiger partial charge in [0.25, 0.3) is 6.08 Å². The average Bonchev–Trinajstić information content (AvgIpc) is 2.69. The molecule has 1 heterocycles. The predicted octanol–water partition coefficient (Wildman–Crippen LogP) is 3.26. The molecule has 17 heavy (non-hydrogen) atoms. The quantitative estimate of drug-likeness (QED) is 0.829. The van der Waals surface area contributed by atoms with Crippen molar-refractivity contribution >= 4 is 5.57 Å². The van der Waals surface area contributed by atoms with Crippen LogP contribution in [-0.2, 0) is 0 Å². The van der Waals surface area contributed by atoms with E-state index in [2.05, 4.69) is 5.10 Å². The van der Waals surface area contributed by atoms with Crippen molar-refractivity contribution in [2.75, 3.05) is 6.67 Å². The first-order chi connectivity index (χ1) is 7.74. The highest BCUT2D eigenvalue weighted by Gasteiger charge is 2.61. The Morgan fingerprint density at radius 3 is 2.18 bits per heavy atom. The Balaban J connectivity index is 3.33. The minimum atomic E-state index is -5.34. The Hall–Kier alpha value is -1.54. The molecule has 1 aromatic heterocycles. The third-order valence-corrected chi connectivity index (χ3v) is 1.90. The molecule has 1 aromatic rings. The number of aromatic nitrogens is 2. The predicted molar refractivity (Wildman–Crippen MR) is 43.6 cm³/mol. The third kappa shape index (κ3) is 2.27. The summed E-state index contributed by atoms with van der Waals surface area (Å²) in [5.74, 6) is -10.6. The maximum Gasteiger partial charge on any atom is 0.345 e. The number of alkyl halides is 5. The highest BCUT2D eigenvalue weighted by Crippen LogP contribution is 2.46. The molecule has 0 saturated carbocycles. The van der Waals surface area contributed by atoms with Gasteiger partial charge in [0, 0.05) is 6.20 Å². The van der Waals surface area contributed by atoms with Gasteiger partial charge in [-0.1, -0.05) is 0 Å². The molecular formula is C8H5F7N2. The van der Waals surface area contributed by atoms with Crippen molar-refractivity contribution < 1.29 is 30.7 Å². The number of hydrogen-bond donors (Lipinski definition) is 1. The maximum atomic E-state index is 13.1. The molecule has 0 aliphatic carbocycles. The van der Waals surface area contributed by atoms with Crippen molar-refractivity contribution in [2.45, 2.75) is 11.8 Å². The molecule has 0 saturated heterocycles. The van der Waals surface area contributed by atoms with Gasteiger partial charge in [0.15, 0.2) is 6.67 Å². The molecule has 0 fully saturated rings. The lowest BCUT2D eigenvalue weighted by molar-refractivity contribution is -0.181. The van der Waals surface area contributed by atoms with Gasteiger partial charge < -0.3 is 0 Å². The van der Waals surface area contributed by atoms with Crippen LogP contribution in [-0.4, -0.2) is 28.7 Å². The van der Waals surface area contributed by atoms with Gasteiger partial charge in [0.1, 0.15) is 5.57 Å². The van der Waals surface area contributed by atoms with Crippen LogP contribution in [0.5, 0.6) is 0 Å². The van der Waals surface area contributed by atoms with E-state index in [9.17, 15) is 30.7 Å². The first-order valence-corrected chi connectivity index (χ1v) is 4.11. The number of rotatable bonds is 4. The zero-order valence-corrected chi connectivity index (χ0v) is 7.95. The summed E-state index contributed by atoms with van der Waals surface area (Å²) in [5.41, 5.74) is -3.26. The van der Waals surface area contributed by atoms with Crippen LogP contribution >= 0.6 is 0 Å². The molecule has 0 radical (unpaired) electrons. The first kappa shape index (κ1) is 13.5. The largest absolute Gasteiger partial charge is 0.345 e. The van der Waals surface area contributed by atoms with Crippen LogP contribution in [0.2, 0.25) is 0 Å². The summed E-state index contributed by atoms with van der Waals surface area (Å²) < 4.78 is 87.9. The monoisotopic (exact) mass is 262 g/mol. The van der Waals surface area contributed by atoms with Gasteiger partial charge in [-0.15, -0.1) is 0 Å². The molecule has 0 aromatic carbocycles. The van der Waals surface area contributed by atoms with Crippen LogP contribution < -0.4 is 0 Å². The Morgan fingerprint density at radius 1 is 1.24 bits per heavy atom. The molecule has 1 N–H and O–H groups in total. The van der Waals surface area contributed by atoms with E-state index in [1.807, 2.05) is 0 Å². The standard InChI is InChI=1S/C8H5F7N2/c9-3-7(12,13)8(14,15)5(6(10)11)4-1-2-16-17-4/h1-2H,3H2,(H,16,17). The van der Waals surface area contributed by atoms with Crippen molar-refractivity contribution in [1.29, 1.82) is 0 Å². The third-order valence-electron chi connectivity index (χ3n) is 1.90. The molecule has 0 amide bonds. The number of aromatic amines is 1. The zero-order chi connectivity index (χ0) is 13.3. The summed E-state index contributed by atoms with van der Waals surface area (Å²) in [6, 6.07) is 0.650. The number of halogens is 7. The number of hydrogen-bond acceptors (Lipinski definition) is 1. The summed E-state index contributed by atoms with van der Waals surface area (Å²) in [6.45, 7) is -2.76.